The summed E-state index contributed by atoms with van der Waals surface area (Å²) in [4.78, 5) is 2.37. The van der Waals surface area contributed by atoms with Gasteiger partial charge in [0, 0.05) is 25.3 Å². The Kier molecular flexibility index (Phi) is 4.65. The molecule has 1 saturated heterocycles. The zero-order chi connectivity index (χ0) is 13.0. The normalized spacial score (nSPS) is 20.1. The number of nitrogens with zero attached hydrogens (tertiary/aromatic N) is 1. The molecule has 1 unspecified atom stereocenters. The van der Waals surface area contributed by atoms with Crippen LogP contribution < -0.4 is 10.2 Å². The van der Waals surface area contributed by atoms with Gasteiger partial charge in [-0.05, 0) is 43.0 Å². The summed E-state index contributed by atoms with van der Waals surface area (Å²) in [6.07, 6.45) is 4.02. The number of benzene rings is 1. The first-order valence-corrected chi connectivity index (χ1v) is 7.21. The smallest absolute Gasteiger partial charge is 0.0364 e. The van der Waals surface area contributed by atoms with E-state index in [1.807, 2.05) is 0 Å². The predicted molar refractivity (Wildman–Crippen MR) is 79.4 cm³/mol. The van der Waals surface area contributed by atoms with Crippen LogP contribution in [0.4, 0.5) is 5.69 Å². The summed E-state index contributed by atoms with van der Waals surface area (Å²) in [6, 6.07) is 9.67. The summed E-state index contributed by atoms with van der Waals surface area (Å²) >= 11 is 0. The summed E-state index contributed by atoms with van der Waals surface area (Å²) in [5.74, 6) is 0.615. The van der Waals surface area contributed by atoms with E-state index in [9.17, 15) is 0 Å². The van der Waals surface area contributed by atoms with Crippen molar-refractivity contribution in [1.82, 2.24) is 5.32 Å². The van der Waals surface area contributed by atoms with Crippen molar-refractivity contribution in [2.24, 2.45) is 0 Å². The van der Waals surface area contributed by atoms with Crippen molar-refractivity contribution in [3.63, 3.8) is 0 Å². The highest BCUT2D eigenvalue weighted by Gasteiger charge is 2.14. The molecule has 0 saturated carbocycles. The maximum Gasteiger partial charge on any atom is 0.0364 e. The zero-order valence-electron chi connectivity index (χ0n) is 11.9. The molecule has 0 bridgehead atoms. The molecular formula is C16H26N2. The van der Waals surface area contributed by atoms with Gasteiger partial charge in [0.25, 0.3) is 0 Å². The number of piperidine rings is 1. The third-order valence-electron chi connectivity index (χ3n) is 3.91. The van der Waals surface area contributed by atoms with Gasteiger partial charge in [0.2, 0.25) is 0 Å². The second kappa shape index (κ2) is 6.24. The maximum absolute atomic E-state index is 3.61. The van der Waals surface area contributed by atoms with E-state index in [1.54, 1.807) is 0 Å². The summed E-state index contributed by atoms with van der Waals surface area (Å²) in [7, 11) is 2.20. The molecule has 0 aliphatic carbocycles. The predicted octanol–water partition coefficient (Wildman–Crippen LogP) is 3.39. The molecule has 18 heavy (non-hydrogen) atoms. The lowest BCUT2D eigenvalue weighted by Crippen LogP contribution is -2.42. The molecule has 2 nitrogen and oxygen atoms in total. The molecular weight excluding hydrogens is 220 g/mol. The maximum atomic E-state index is 3.61. The lowest BCUT2D eigenvalue weighted by Gasteiger charge is -2.29. The highest BCUT2D eigenvalue weighted by atomic mass is 15.1. The lowest BCUT2D eigenvalue weighted by atomic mass is 10.0. The Labute approximate surface area is 111 Å². The minimum atomic E-state index is 0.615. The van der Waals surface area contributed by atoms with E-state index >= 15 is 0 Å². The molecule has 1 aromatic carbocycles. The standard InChI is InChI=1S/C16H26N2/c1-13(2)14-7-9-16(10-8-14)18(3)12-15-6-4-5-11-17-15/h7-10,13,15,17H,4-6,11-12H2,1-3H3. The second-order valence-corrected chi connectivity index (χ2v) is 5.77. The summed E-state index contributed by atoms with van der Waals surface area (Å²) in [6.45, 7) is 6.78. The van der Waals surface area contributed by atoms with Crippen molar-refractivity contribution in [3.05, 3.63) is 29.8 Å². The van der Waals surface area contributed by atoms with Crippen molar-refractivity contribution in [3.8, 4) is 0 Å². The molecule has 1 atom stereocenters. The van der Waals surface area contributed by atoms with Crippen LogP contribution in [-0.4, -0.2) is 26.2 Å². The fraction of sp³-hybridized carbons (Fsp3) is 0.625. The SMILES string of the molecule is CC(C)c1ccc(N(C)CC2CCCCN2)cc1. The first-order chi connectivity index (χ1) is 8.66. The Morgan fingerprint density at radius 3 is 2.50 bits per heavy atom. The third kappa shape index (κ3) is 3.49. The first kappa shape index (κ1) is 13.4. The van der Waals surface area contributed by atoms with Gasteiger partial charge in [0.1, 0.15) is 0 Å². The number of likely N-dealkylation sites (N-methyl/N-ethyl adjacent to an activating group) is 1. The molecule has 100 valence electrons. The molecule has 0 spiro atoms. The monoisotopic (exact) mass is 246 g/mol. The average Bonchev–Trinajstić information content (AvgIpc) is 2.40. The molecule has 1 fully saturated rings. The molecule has 1 aliphatic rings. The average molecular weight is 246 g/mol. The molecule has 0 radical (unpaired) electrons. The highest BCUT2D eigenvalue weighted by molar-refractivity contribution is 5.47. The number of hydrogen-bond acceptors (Lipinski definition) is 2. The van der Waals surface area contributed by atoms with Crippen LogP contribution in [0.15, 0.2) is 24.3 Å². The van der Waals surface area contributed by atoms with Crippen molar-refractivity contribution >= 4 is 5.69 Å². The van der Waals surface area contributed by atoms with Crippen LogP contribution in [0.2, 0.25) is 0 Å². The Morgan fingerprint density at radius 1 is 1.22 bits per heavy atom. The molecule has 0 aromatic heterocycles. The lowest BCUT2D eigenvalue weighted by molar-refractivity contribution is 0.403. The minimum Gasteiger partial charge on any atom is -0.373 e. The largest absolute Gasteiger partial charge is 0.373 e. The Balaban J connectivity index is 1.93. The van der Waals surface area contributed by atoms with Gasteiger partial charge >= 0.3 is 0 Å². The molecule has 1 aromatic rings. The molecule has 2 rings (SSSR count). The van der Waals surface area contributed by atoms with Gasteiger partial charge in [-0.15, -0.1) is 0 Å². The van der Waals surface area contributed by atoms with Crippen LogP contribution in [0.1, 0.15) is 44.6 Å². The van der Waals surface area contributed by atoms with E-state index in [-0.39, 0.29) is 0 Å². The van der Waals surface area contributed by atoms with Gasteiger partial charge in [-0.25, -0.2) is 0 Å². The molecule has 0 amide bonds. The van der Waals surface area contributed by atoms with Gasteiger partial charge in [0.05, 0.1) is 0 Å². The zero-order valence-corrected chi connectivity index (χ0v) is 11.9. The van der Waals surface area contributed by atoms with E-state index in [1.165, 1.54) is 37.1 Å². The Bertz CT molecular complexity index is 350. The number of nitrogens with one attached hydrogen (secondary N) is 1. The molecule has 2 heteroatoms. The Hall–Kier alpha value is -1.02. The van der Waals surface area contributed by atoms with Crippen molar-refractivity contribution in [2.45, 2.75) is 45.1 Å². The molecule has 1 aliphatic heterocycles. The fourth-order valence-electron chi connectivity index (χ4n) is 2.63. The van der Waals surface area contributed by atoms with Gasteiger partial charge < -0.3 is 10.2 Å². The van der Waals surface area contributed by atoms with Gasteiger partial charge in [-0.1, -0.05) is 32.4 Å². The molecule has 1 N–H and O–H groups in total. The van der Waals surface area contributed by atoms with E-state index in [0.717, 1.165) is 6.54 Å². The van der Waals surface area contributed by atoms with Crippen molar-refractivity contribution < 1.29 is 0 Å². The number of hydrogen-bond donors (Lipinski definition) is 1. The van der Waals surface area contributed by atoms with E-state index in [0.29, 0.717) is 12.0 Å². The van der Waals surface area contributed by atoms with Crippen LogP contribution in [-0.2, 0) is 0 Å². The first-order valence-electron chi connectivity index (χ1n) is 7.21. The van der Waals surface area contributed by atoms with Crippen LogP contribution >= 0.6 is 0 Å². The van der Waals surface area contributed by atoms with Crippen molar-refractivity contribution in [1.29, 1.82) is 0 Å². The van der Waals surface area contributed by atoms with Crippen LogP contribution in [0.5, 0.6) is 0 Å². The van der Waals surface area contributed by atoms with Gasteiger partial charge in [-0.3, -0.25) is 0 Å². The van der Waals surface area contributed by atoms with Crippen molar-refractivity contribution in [2.75, 3.05) is 25.0 Å². The second-order valence-electron chi connectivity index (χ2n) is 5.77. The van der Waals surface area contributed by atoms with Gasteiger partial charge in [0.15, 0.2) is 0 Å². The minimum absolute atomic E-state index is 0.615. The quantitative estimate of drug-likeness (QED) is 0.876. The molecule has 1 heterocycles. The van der Waals surface area contributed by atoms with Gasteiger partial charge in [-0.2, -0.15) is 0 Å². The topological polar surface area (TPSA) is 15.3 Å². The van der Waals surface area contributed by atoms with E-state index in [4.69, 9.17) is 0 Å². The van der Waals surface area contributed by atoms with Crippen LogP contribution in [0, 0.1) is 0 Å². The van der Waals surface area contributed by atoms with Crippen LogP contribution in [0.3, 0.4) is 0 Å². The third-order valence-corrected chi connectivity index (χ3v) is 3.91. The fourth-order valence-corrected chi connectivity index (χ4v) is 2.63. The Morgan fingerprint density at radius 2 is 1.94 bits per heavy atom. The van der Waals surface area contributed by atoms with Crippen LogP contribution in [0.25, 0.3) is 0 Å². The van der Waals surface area contributed by atoms with E-state index in [2.05, 4.69) is 55.4 Å². The summed E-state index contributed by atoms with van der Waals surface area (Å²) < 4.78 is 0. The summed E-state index contributed by atoms with van der Waals surface area (Å²) in [5.41, 5.74) is 2.75. The highest BCUT2D eigenvalue weighted by Crippen LogP contribution is 2.20. The number of anilines is 1. The van der Waals surface area contributed by atoms with E-state index < -0.39 is 0 Å². The summed E-state index contributed by atoms with van der Waals surface area (Å²) in [5, 5.41) is 3.61. The number of rotatable bonds is 4.